The van der Waals surface area contributed by atoms with Crippen molar-refractivity contribution in [3.63, 3.8) is 0 Å². The number of nitrogens with two attached hydrogens (primary N) is 1. The van der Waals surface area contributed by atoms with Gasteiger partial charge in [-0.1, -0.05) is 13.3 Å². The molecule has 96 valence electrons. The minimum Gasteiger partial charge on any atom is -0.367 e. The van der Waals surface area contributed by atoms with Gasteiger partial charge in [0.25, 0.3) is 0 Å². The minimum atomic E-state index is -4.45. The fourth-order valence-corrected chi connectivity index (χ4v) is 1.29. The Bertz CT molecular complexity index is 336. The number of halogens is 3. The van der Waals surface area contributed by atoms with Crippen molar-refractivity contribution in [2.45, 2.75) is 32.0 Å². The average Bonchev–Trinajstić information content (AvgIpc) is 2.26. The van der Waals surface area contributed by atoms with E-state index in [1.165, 1.54) is 6.07 Å². The van der Waals surface area contributed by atoms with E-state index in [2.05, 4.69) is 15.5 Å². The maximum absolute atomic E-state index is 12.2. The second kappa shape index (κ2) is 5.81. The molecular weight excluding hydrogens is 233 g/mol. The van der Waals surface area contributed by atoms with E-state index in [9.17, 15) is 13.2 Å². The van der Waals surface area contributed by atoms with E-state index in [0.717, 1.165) is 18.9 Å². The fraction of sp³-hybridized carbons (Fsp3) is 0.600. The second-order valence-electron chi connectivity index (χ2n) is 3.73. The molecule has 0 aromatic carbocycles. The molecule has 0 aliphatic heterocycles. The van der Waals surface area contributed by atoms with Crippen LogP contribution in [-0.4, -0.2) is 22.8 Å². The Labute approximate surface area is 97.4 Å². The molecule has 1 aromatic rings. The summed E-state index contributed by atoms with van der Waals surface area (Å²) >= 11 is 0. The van der Waals surface area contributed by atoms with Crippen molar-refractivity contribution in [1.29, 1.82) is 0 Å². The third-order valence-electron chi connectivity index (χ3n) is 2.16. The Balaban J connectivity index is 2.51. The number of nitrogens with one attached hydrogen (secondary N) is 1. The molecule has 0 amide bonds. The van der Waals surface area contributed by atoms with Crippen LogP contribution in [0.4, 0.5) is 19.0 Å². The molecule has 17 heavy (non-hydrogen) atoms. The molecule has 3 N–H and O–H groups in total. The fourth-order valence-electron chi connectivity index (χ4n) is 1.29. The maximum atomic E-state index is 12.2. The largest absolute Gasteiger partial charge is 0.435 e. The summed E-state index contributed by atoms with van der Waals surface area (Å²) in [5.74, 6) is 0.296. The number of rotatable bonds is 5. The van der Waals surface area contributed by atoms with Gasteiger partial charge in [0, 0.05) is 12.6 Å². The SMILES string of the molecule is CCCC(N)CNc1ccc(C(F)(F)F)nn1. The van der Waals surface area contributed by atoms with E-state index in [1.807, 2.05) is 6.92 Å². The van der Waals surface area contributed by atoms with Crippen LogP contribution in [0.1, 0.15) is 25.5 Å². The third kappa shape index (κ3) is 4.56. The van der Waals surface area contributed by atoms with E-state index in [4.69, 9.17) is 5.73 Å². The van der Waals surface area contributed by atoms with Crippen molar-refractivity contribution >= 4 is 5.82 Å². The van der Waals surface area contributed by atoms with Gasteiger partial charge in [0.15, 0.2) is 5.69 Å². The van der Waals surface area contributed by atoms with Crippen LogP contribution in [0.2, 0.25) is 0 Å². The highest BCUT2D eigenvalue weighted by molar-refractivity contribution is 5.33. The number of aromatic nitrogens is 2. The zero-order chi connectivity index (χ0) is 12.9. The van der Waals surface area contributed by atoms with Crippen LogP contribution in [0.15, 0.2) is 12.1 Å². The molecule has 1 atom stereocenters. The lowest BCUT2D eigenvalue weighted by molar-refractivity contribution is -0.141. The molecule has 0 radical (unpaired) electrons. The van der Waals surface area contributed by atoms with Crippen molar-refractivity contribution < 1.29 is 13.2 Å². The lowest BCUT2D eigenvalue weighted by Gasteiger charge is -2.12. The molecule has 1 rings (SSSR count). The van der Waals surface area contributed by atoms with Gasteiger partial charge in [0.2, 0.25) is 0 Å². The zero-order valence-electron chi connectivity index (χ0n) is 9.46. The summed E-state index contributed by atoms with van der Waals surface area (Å²) in [5.41, 5.74) is 4.74. The van der Waals surface area contributed by atoms with E-state index in [-0.39, 0.29) is 6.04 Å². The highest BCUT2D eigenvalue weighted by Crippen LogP contribution is 2.26. The Morgan fingerprint density at radius 1 is 1.35 bits per heavy atom. The first-order chi connectivity index (χ1) is 7.93. The number of hydrogen-bond acceptors (Lipinski definition) is 4. The molecule has 0 bridgehead atoms. The summed E-state index contributed by atoms with van der Waals surface area (Å²) in [6, 6.07) is 2.10. The van der Waals surface area contributed by atoms with Gasteiger partial charge < -0.3 is 11.1 Å². The summed E-state index contributed by atoms with van der Waals surface area (Å²) in [5, 5.41) is 9.38. The zero-order valence-corrected chi connectivity index (χ0v) is 9.46. The van der Waals surface area contributed by atoms with Crippen LogP contribution in [-0.2, 0) is 6.18 Å². The quantitative estimate of drug-likeness (QED) is 0.837. The van der Waals surface area contributed by atoms with Crippen LogP contribution in [0.5, 0.6) is 0 Å². The van der Waals surface area contributed by atoms with Gasteiger partial charge in [-0.05, 0) is 18.6 Å². The Morgan fingerprint density at radius 3 is 2.53 bits per heavy atom. The van der Waals surface area contributed by atoms with Crippen LogP contribution >= 0.6 is 0 Å². The summed E-state index contributed by atoms with van der Waals surface area (Å²) in [6.07, 6.45) is -2.65. The smallest absolute Gasteiger partial charge is 0.367 e. The first kappa shape index (κ1) is 13.7. The molecule has 0 saturated carbocycles. The van der Waals surface area contributed by atoms with Crippen molar-refractivity contribution in [3.8, 4) is 0 Å². The predicted octanol–water partition coefficient (Wildman–Crippen LogP) is 2.03. The van der Waals surface area contributed by atoms with E-state index in [1.54, 1.807) is 0 Å². The van der Waals surface area contributed by atoms with Crippen LogP contribution in [0.3, 0.4) is 0 Å². The Morgan fingerprint density at radius 2 is 2.06 bits per heavy atom. The van der Waals surface area contributed by atoms with E-state index < -0.39 is 11.9 Å². The maximum Gasteiger partial charge on any atom is 0.435 e. The summed E-state index contributed by atoms with van der Waals surface area (Å²) in [4.78, 5) is 0. The van der Waals surface area contributed by atoms with Gasteiger partial charge in [-0.15, -0.1) is 10.2 Å². The van der Waals surface area contributed by atoms with Crippen LogP contribution in [0.25, 0.3) is 0 Å². The van der Waals surface area contributed by atoms with Crippen molar-refractivity contribution in [3.05, 3.63) is 17.8 Å². The van der Waals surface area contributed by atoms with Gasteiger partial charge in [-0.3, -0.25) is 0 Å². The summed E-state index contributed by atoms with van der Waals surface area (Å²) < 4.78 is 36.6. The molecule has 4 nitrogen and oxygen atoms in total. The van der Waals surface area contributed by atoms with Crippen molar-refractivity contribution in [2.24, 2.45) is 5.73 Å². The van der Waals surface area contributed by atoms with Crippen molar-refractivity contribution in [1.82, 2.24) is 10.2 Å². The first-order valence-corrected chi connectivity index (χ1v) is 5.34. The molecule has 0 aliphatic rings. The molecule has 1 unspecified atom stereocenters. The highest BCUT2D eigenvalue weighted by atomic mass is 19.4. The number of hydrogen-bond donors (Lipinski definition) is 2. The molecule has 0 aliphatic carbocycles. The van der Waals surface area contributed by atoms with Crippen LogP contribution < -0.4 is 11.1 Å². The second-order valence-corrected chi connectivity index (χ2v) is 3.73. The number of nitrogens with zero attached hydrogens (tertiary/aromatic N) is 2. The van der Waals surface area contributed by atoms with Gasteiger partial charge in [-0.25, -0.2) is 0 Å². The molecule has 0 spiro atoms. The molecular formula is C10H15F3N4. The third-order valence-corrected chi connectivity index (χ3v) is 2.16. The number of anilines is 1. The molecule has 1 heterocycles. The summed E-state index contributed by atoms with van der Waals surface area (Å²) in [7, 11) is 0. The van der Waals surface area contributed by atoms with Crippen molar-refractivity contribution in [2.75, 3.05) is 11.9 Å². The Kier molecular flexibility index (Phi) is 4.68. The minimum absolute atomic E-state index is 0.0379. The molecule has 1 aromatic heterocycles. The van der Waals surface area contributed by atoms with Gasteiger partial charge in [0.05, 0.1) is 0 Å². The summed E-state index contributed by atoms with van der Waals surface area (Å²) in [6.45, 7) is 2.48. The number of alkyl halides is 3. The molecule has 0 fully saturated rings. The Hall–Kier alpha value is -1.37. The monoisotopic (exact) mass is 248 g/mol. The van der Waals surface area contributed by atoms with E-state index >= 15 is 0 Å². The average molecular weight is 248 g/mol. The van der Waals surface area contributed by atoms with Gasteiger partial charge in [-0.2, -0.15) is 13.2 Å². The highest BCUT2D eigenvalue weighted by Gasteiger charge is 2.32. The van der Waals surface area contributed by atoms with Crippen LogP contribution in [0, 0.1) is 0 Å². The standard InChI is InChI=1S/C10H15F3N4/c1-2-3-7(14)6-15-9-5-4-8(16-17-9)10(11,12)13/h4-5,7H,2-3,6,14H2,1H3,(H,15,17). The predicted molar refractivity (Wildman–Crippen MR) is 58.4 cm³/mol. The molecule has 7 heteroatoms. The van der Waals surface area contributed by atoms with E-state index in [0.29, 0.717) is 12.4 Å². The van der Waals surface area contributed by atoms with Gasteiger partial charge >= 0.3 is 6.18 Å². The molecule has 0 saturated heterocycles. The topological polar surface area (TPSA) is 63.8 Å². The first-order valence-electron chi connectivity index (χ1n) is 5.34. The van der Waals surface area contributed by atoms with Gasteiger partial charge in [0.1, 0.15) is 5.82 Å². The normalized spacial score (nSPS) is 13.5. The lowest BCUT2D eigenvalue weighted by atomic mass is 10.2. The lowest BCUT2D eigenvalue weighted by Crippen LogP contribution is -2.29.